The molecule has 0 spiro atoms. The highest BCUT2D eigenvalue weighted by Crippen LogP contribution is 2.28. The van der Waals surface area contributed by atoms with Crippen molar-refractivity contribution in [3.63, 3.8) is 0 Å². The summed E-state index contributed by atoms with van der Waals surface area (Å²) in [5, 5.41) is 3.18. The SMILES string of the molecule is c1ccc2oc(NCCCOCC3CC3)nc2c1. The van der Waals surface area contributed by atoms with E-state index in [0.29, 0.717) is 6.01 Å². The standard InChI is InChI=1S/C14H18N2O2/c1-2-5-13-12(4-1)16-14(18-13)15-8-3-9-17-10-11-6-7-11/h1-2,4-5,11H,3,6-10H2,(H,15,16). The molecule has 0 bridgehead atoms. The fourth-order valence-corrected chi connectivity index (χ4v) is 1.85. The van der Waals surface area contributed by atoms with Crippen molar-refractivity contribution in [2.45, 2.75) is 19.3 Å². The van der Waals surface area contributed by atoms with Crippen LogP contribution in [0.5, 0.6) is 0 Å². The fourth-order valence-electron chi connectivity index (χ4n) is 1.85. The van der Waals surface area contributed by atoms with Crippen molar-refractivity contribution in [1.29, 1.82) is 0 Å². The van der Waals surface area contributed by atoms with E-state index in [1.165, 1.54) is 12.8 Å². The number of hydrogen-bond acceptors (Lipinski definition) is 4. The van der Waals surface area contributed by atoms with Crippen molar-refractivity contribution < 1.29 is 9.15 Å². The summed E-state index contributed by atoms with van der Waals surface area (Å²) in [6.07, 6.45) is 3.67. The summed E-state index contributed by atoms with van der Waals surface area (Å²) in [6.45, 7) is 2.57. The third-order valence-corrected chi connectivity index (χ3v) is 3.09. The molecule has 0 radical (unpaired) electrons. The molecule has 0 unspecified atom stereocenters. The average molecular weight is 246 g/mol. The lowest BCUT2D eigenvalue weighted by atomic mass is 10.3. The van der Waals surface area contributed by atoms with Crippen molar-refractivity contribution in [2.24, 2.45) is 5.92 Å². The van der Waals surface area contributed by atoms with Gasteiger partial charge in [-0.25, -0.2) is 0 Å². The van der Waals surface area contributed by atoms with E-state index >= 15 is 0 Å². The van der Waals surface area contributed by atoms with Gasteiger partial charge in [0.05, 0.1) is 0 Å². The lowest BCUT2D eigenvalue weighted by Crippen LogP contribution is -2.06. The number of hydrogen-bond donors (Lipinski definition) is 1. The van der Waals surface area contributed by atoms with Gasteiger partial charge in [0.15, 0.2) is 5.58 Å². The number of para-hydroxylation sites is 2. The van der Waals surface area contributed by atoms with Crippen LogP contribution in [-0.4, -0.2) is 24.7 Å². The first-order valence-corrected chi connectivity index (χ1v) is 6.59. The van der Waals surface area contributed by atoms with Gasteiger partial charge in [0.2, 0.25) is 0 Å². The van der Waals surface area contributed by atoms with Crippen molar-refractivity contribution in [3.05, 3.63) is 24.3 Å². The zero-order valence-corrected chi connectivity index (χ0v) is 10.4. The monoisotopic (exact) mass is 246 g/mol. The first kappa shape index (κ1) is 11.5. The second-order valence-corrected chi connectivity index (χ2v) is 4.79. The molecular weight excluding hydrogens is 228 g/mol. The van der Waals surface area contributed by atoms with Gasteiger partial charge in [0.25, 0.3) is 6.01 Å². The van der Waals surface area contributed by atoms with Crippen LogP contribution in [0, 0.1) is 5.92 Å². The Morgan fingerprint density at radius 3 is 3.06 bits per heavy atom. The lowest BCUT2D eigenvalue weighted by Gasteiger charge is -2.03. The van der Waals surface area contributed by atoms with Gasteiger partial charge in [-0.2, -0.15) is 4.98 Å². The highest BCUT2D eigenvalue weighted by molar-refractivity contribution is 5.74. The highest BCUT2D eigenvalue weighted by Gasteiger charge is 2.20. The van der Waals surface area contributed by atoms with Crippen LogP contribution in [-0.2, 0) is 4.74 Å². The molecule has 4 heteroatoms. The van der Waals surface area contributed by atoms with Gasteiger partial charge in [-0.3, -0.25) is 0 Å². The molecule has 0 aliphatic heterocycles. The zero-order valence-electron chi connectivity index (χ0n) is 10.4. The maximum Gasteiger partial charge on any atom is 0.295 e. The molecule has 1 aliphatic carbocycles. The third-order valence-electron chi connectivity index (χ3n) is 3.09. The molecule has 1 aromatic heterocycles. The molecule has 1 saturated carbocycles. The number of benzene rings is 1. The quantitative estimate of drug-likeness (QED) is 0.763. The molecule has 0 amide bonds. The summed E-state index contributed by atoms with van der Waals surface area (Å²) in [7, 11) is 0. The Morgan fingerprint density at radius 2 is 2.22 bits per heavy atom. The van der Waals surface area contributed by atoms with Gasteiger partial charge in [0.1, 0.15) is 5.52 Å². The van der Waals surface area contributed by atoms with Crippen LogP contribution in [0.4, 0.5) is 6.01 Å². The molecule has 0 saturated heterocycles. The molecule has 4 nitrogen and oxygen atoms in total. The van der Waals surface area contributed by atoms with E-state index in [-0.39, 0.29) is 0 Å². The van der Waals surface area contributed by atoms with E-state index in [0.717, 1.165) is 43.2 Å². The van der Waals surface area contributed by atoms with Crippen LogP contribution < -0.4 is 5.32 Å². The summed E-state index contributed by atoms with van der Waals surface area (Å²) in [4.78, 5) is 4.35. The van der Waals surface area contributed by atoms with E-state index in [1.54, 1.807) is 0 Å². The smallest absolute Gasteiger partial charge is 0.295 e. The van der Waals surface area contributed by atoms with Crippen LogP contribution in [0.2, 0.25) is 0 Å². The van der Waals surface area contributed by atoms with Gasteiger partial charge in [-0.15, -0.1) is 0 Å². The maximum absolute atomic E-state index is 5.56. The second-order valence-electron chi connectivity index (χ2n) is 4.79. The number of fused-ring (bicyclic) bond motifs is 1. The largest absolute Gasteiger partial charge is 0.424 e. The average Bonchev–Trinajstić information content (AvgIpc) is 3.11. The Kier molecular flexibility index (Phi) is 3.46. The number of aromatic nitrogens is 1. The summed E-state index contributed by atoms with van der Waals surface area (Å²) in [6, 6.07) is 8.37. The number of rotatable bonds is 7. The molecule has 2 aromatic rings. The normalized spacial score (nSPS) is 15.1. The first-order valence-electron chi connectivity index (χ1n) is 6.59. The minimum absolute atomic E-state index is 0.596. The van der Waals surface area contributed by atoms with E-state index < -0.39 is 0 Å². The fraction of sp³-hybridized carbons (Fsp3) is 0.500. The van der Waals surface area contributed by atoms with E-state index in [1.807, 2.05) is 24.3 Å². The Bertz CT molecular complexity index is 472. The molecule has 0 atom stereocenters. The summed E-state index contributed by atoms with van der Waals surface area (Å²) >= 11 is 0. The summed E-state index contributed by atoms with van der Waals surface area (Å²) < 4.78 is 11.1. The molecular formula is C14H18N2O2. The molecule has 1 aliphatic rings. The predicted octanol–water partition coefficient (Wildman–Crippen LogP) is 3.06. The van der Waals surface area contributed by atoms with Crippen molar-refractivity contribution in [1.82, 2.24) is 4.98 Å². The van der Waals surface area contributed by atoms with Crippen molar-refractivity contribution in [3.8, 4) is 0 Å². The van der Waals surface area contributed by atoms with Crippen LogP contribution in [0.25, 0.3) is 11.1 Å². The molecule has 1 aromatic carbocycles. The number of ether oxygens (including phenoxy) is 1. The van der Waals surface area contributed by atoms with Gasteiger partial charge in [0, 0.05) is 19.8 Å². The highest BCUT2D eigenvalue weighted by atomic mass is 16.5. The lowest BCUT2D eigenvalue weighted by molar-refractivity contribution is 0.124. The van der Waals surface area contributed by atoms with Gasteiger partial charge >= 0.3 is 0 Å². The van der Waals surface area contributed by atoms with E-state index in [2.05, 4.69) is 10.3 Å². The molecule has 3 rings (SSSR count). The first-order chi connectivity index (χ1) is 8.92. The molecule has 1 heterocycles. The summed E-state index contributed by atoms with van der Waals surface area (Å²) in [5.74, 6) is 0.843. The number of nitrogens with zero attached hydrogens (tertiary/aromatic N) is 1. The van der Waals surface area contributed by atoms with Crippen LogP contribution in [0.15, 0.2) is 28.7 Å². The number of anilines is 1. The topological polar surface area (TPSA) is 47.3 Å². The van der Waals surface area contributed by atoms with Gasteiger partial charge < -0.3 is 14.5 Å². The van der Waals surface area contributed by atoms with Crippen LogP contribution in [0.3, 0.4) is 0 Å². The Morgan fingerprint density at radius 1 is 1.33 bits per heavy atom. The Balaban J connectivity index is 1.39. The minimum Gasteiger partial charge on any atom is -0.424 e. The number of nitrogens with one attached hydrogen (secondary N) is 1. The van der Waals surface area contributed by atoms with Crippen molar-refractivity contribution >= 4 is 17.1 Å². The summed E-state index contributed by atoms with van der Waals surface area (Å²) in [5.41, 5.74) is 1.72. The minimum atomic E-state index is 0.596. The van der Waals surface area contributed by atoms with Crippen LogP contribution in [0.1, 0.15) is 19.3 Å². The zero-order chi connectivity index (χ0) is 12.2. The second kappa shape index (κ2) is 5.40. The van der Waals surface area contributed by atoms with E-state index in [9.17, 15) is 0 Å². The predicted molar refractivity (Wildman–Crippen MR) is 70.7 cm³/mol. The Hall–Kier alpha value is -1.55. The Labute approximate surface area is 106 Å². The van der Waals surface area contributed by atoms with Gasteiger partial charge in [-0.1, -0.05) is 12.1 Å². The molecule has 1 N–H and O–H groups in total. The van der Waals surface area contributed by atoms with Crippen LogP contribution >= 0.6 is 0 Å². The van der Waals surface area contributed by atoms with Crippen molar-refractivity contribution in [2.75, 3.05) is 25.1 Å². The maximum atomic E-state index is 5.56. The third kappa shape index (κ3) is 3.01. The van der Waals surface area contributed by atoms with Gasteiger partial charge in [-0.05, 0) is 37.3 Å². The number of oxazole rings is 1. The molecule has 96 valence electrons. The van der Waals surface area contributed by atoms with E-state index in [4.69, 9.17) is 9.15 Å². The molecule has 1 fully saturated rings. The molecule has 18 heavy (non-hydrogen) atoms.